The van der Waals surface area contributed by atoms with Gasteiger partial charge < -0.3 is 5.32 Å². The van der Waals surface area contributed by atoms with Crippen molar-refractivity contribution in [3.05, 3.63) is 35.4 Å². The molecule has 1 aromatic carbocycles. The third-order valence-electron chi connectivity index (χ3n) is 5.11. The highest BCUT2D eigenvalue weighted by Crippen LogP contribution is 2.45. The molecule has 3 rings (SSSR count). The fourth-order valence-corrected chi connectivity index (χ4v) is 3.54. The van der Waals surface area contributed by atoms with Gasteiger partial charge in [-0.25, -0.2) is 0 Å². The summed E-state index contributed by atoms with van der Waals surface area (Å²) in [5.41, 5.74) is 3.33. The Labute approximate surface area is 111 Å². The van der Waals surface area contributed by atoms with Gasteiger partial charge in [-0.15, -0.1) is 0 Å². The second-order valence-corrected chi connectivity index (χ2v) is 6.47. The van der Waals surface area contributed by atoms with Crippen LogP contribution in [0.3, 0.4) is 0 Å². The van der Waals surface area contributed by atoms with Crippen LogP contribution in [0.5, 0.6) is 0 Å². The van der Waals surface area contributed by atoms with Gasteiger partial charge in [0, 0.05) is 18.0 Å². The van der Waals surface area contributed by atoms with Crippen LogP contribution in [-0.2, 0) is 5.41 Å². The lowest BCUT2D eigenvalue weighted by molar-refractivity contribution is 0.316. The molecule has 2 aliphatic rings. The predicted molar refractivity (Wildman–Crippen MR) is 76.9 cm³/mol. The lowest BCUT2D eigenvalue weighted by Gasteiger charge is -2.35. The number of rotatable bonds is 4. The van der Waals surface area contributed by atoms with Gasteiger partial charge in [-0.2, -0.15) is 0 Å². The van der Waals surface area contributed by atoms with Gasteiger partial charge in [-0.3, -0.25) is 0 Å². The molecule has 1 N–H and O–H groups in total. The minimum atomic E-state index is 0.399. The fourth-order valence-electron chi connectivity index (χ4n) is 3.54. The van der Waals surface area contributed by atoms with E-state index in [4.69, 9.17) is 0 Å². The van der Waals surface area contributed by atoms with Gasteiger partial charge in [-0.1, -0.05) is 43.2 Å². The van der Waals surface area contributed by atoms with Crippen molar-refractivity contribution in [1.82, 2.24) is 5.32 Å². The maximum absolute atomic E-state index is 3.78. The lowest BCUT2D eigenvalue weighted by atomic mass is 9.72. The second kappa shape index (κ2) is 4.70. The van der Waals surface area contributed by atoms with Crippen LogP contribution in [0.25, 0.3) is 0 Å². The minimum absolute atomic E-state index is 0.399. The van der Waals surface area contributed by atoms with E-state index in [0.29, 0.717) is 5.41 Å². The molecule has 2 fully saturated rings. The predicted octanol–water partition coefficient (Wildman–Crippen LogP) is 3.80. The smallest absolute Gasteiger partial charge is 0.0103 e. The highest BCUT2D eigenvalue weighted by Gasteiger charge is 2.42. The molecule has 0 spiro atoms. The monoisotopic (exact) mass is 243 g/mol. The van der Waals surface area contributed by atoms with E-state index >= 15 is 0 Å². The van der Waals surface area contributed by atoms with Crippen molar-refractivity contribution in [2.24, 2.45) is 5.92 Å². The second-order valence-electron chi connectivity index (χ2n) is 6.47. The van der Waals surface area contributed by atoms with Crippen LogP contribution >= 0.6 is 0 Å². The molecule has 1 nitrogen and oxygen atoms in total. The Morgan fingerprint density at radius 1 is 1.17 bits per heavy atom. The van der Waals surface area contributed by atoms with Crippen LogP contribution in [0.15, 0.2) is 24.3 Å². The average molecular weight is 243 g/mol. The van der Waals surface area contributed by atoms with Crippen LogP contribution in [0, 0.1) is 12.8 Å². The van der Waals surface area contributed by atoms with Gasteiger partial charge in [0.15, 0.2) is 0 Å². The number of hydrogen-bond acceptors (Lipinski definition) is 1. The molecule has 1 heteroatoms. The van der Waals surface area contributed by atoms with E-state index in [1.807, 2.05) is 0 Å². The molecule has 0 aromatic heterocycles. The summed E-state index contributed by atoms with van der Waals surface area (Å²) >= 11 is 0. The van der Waals surface area contributed by atoms with Crippen LogP contribution in [-0.4, -0.2) is 12.6 Å². The summed E-state index contributed by atoms with van der Waals surface area (Å²) in [6.45, 7) is 5.81. The Morgan fingerprint density at radius 3 is 2.44 bits per heavy atom. The summed E-state index contributed by atoms with van der Waals surface area (Å²) in [4.78, 5) is 0. The molecular formula is C17H25N. The Hall–Kier alpha value is -0.820. The molecule has 98 valence electrons. The number of benzene rings is 1. The van der Waals surface area contributed by atoms with E-state index in [2.05, 4.69) is 43.4 Å². The first-order valence-corrected chi connectivity index (χ1v) is 7.51. The largest absolute Gasteiger partial charge is 0.313 e. The molecule has 0 radical (unpaired) electrons. The van der Waals surface area contributed by atoms with Crippen LogP contribution in [0.2, 0.25) is 0 Å². The van der Waals surface area contributed by atoms with Gasteiger partial charge in [0.05, 0.1) is 0 Å². The zero-order valence-corrected chi connectivity index (χ0v) is 11.7. The highest BCUT2D eigenvalue weighted by atomic mass is 15.0. The molecule has 2 unspecified atom stereocenters. The SMILES string of the molecule is Cc1ccc(C2(CNC3CC3)CCCC2C)cc1. The first kappa shape index (κ1) is 12.2. The maximum Gasteiger partial charge on any atom is 0.0103 e. The topological polar surface area (TPSA) is 12.0 Å². The zero-order valence-electron chi connectivity index (χ0n) is 11.7. The van der Waals surface area contributed by atoms with E-state index in [1.165, 1.54) is 44.2 Å². The van der Waals surface area contributed by atoms with Gasteiger partial charge in [0.25, 0.3) is 0 Å². The van der Waals surface area contributed by atoms with Gasteiger partial charge in [0.2, 0.25) is 0 Å². The van der Waals surface area contributed by atoms with Crippen molar-refractivity contribution < 1.29 is 0 Å². The molecule has 0 saturated heterocycles. The van der Waals surface area contributed by atoms with Crippen LogP contribution in [0.4, 0.5) is 0 Å². The first-order chi connectivity index (χ1) is 8.71. The van der Waals surface area contributed by atoms with E-state index in [0.717, 1.165) is 12.0 Å². The summed E-state index contributed by atoms with van der Waals surface area (Å²) in [6, 6.07) is 10.1. The third kappa shape index (κ3) is 2.21. The summed E-state index contributed by atoms with van der Waals surface area (Å²) in [5.74, 6) is 0.812. The molecule has 2 aliphatic carbocycles. The molecular weight excluding hydrogens is 218 g/mol. The highest BCUT2D eigenvalue weighted by molar-refractivity contribution is 5.31. The number of nitrogens with one attached hydrogen (secondary N) is 1. The molecule has 2 atom stereocenters. The summed E-state index contributed by atoms with van der Waals surface area (Å²) < 4.78 is 0. The van der Waals surface area contributed by atoms with Crippen molar-refractivity contribution in [2.45, 2.75) is 57.4 Å². The van der Waals surface area contributed by atoms with E-state index in [-0.39, 0.29) is 0 Å². The Morgan fingerprint density at radius 2 is 1.89 bits per heavy atom. The summed E-state index contributed by atoms with van der Waals surface area (Å²) in [7, 11) is 0. The average Bonchev–Trinajstić information content (AvgIpc) is 3.12. The Balaban J connectivity index is 1.85. The third-order valence-corrected chi connectivity index (χ3v) is 5.11. The molecule has 0 amide bonds. The van der Waals surface area contributed by atoms with Crippen molar-refractivity contribution in [1.29, 1.82) is 0 Å². The molecule has 0 aliphatic heterocycles. The van der Waals surface area contributed by atoms with Gasteiger partial charge in [-0.05, 0) is 44.1 Å². The van der Waals surface area contributed by atoms with Crippen molar-refractivity contribution in [3.63, 3.8) is 0 Å². The molecule has 0 bridgehead atoms. The van der Waals surface area contributed by atoms with Gasteiger partial charge in [0.1, 0.15) is 0 Å². The minimum Gasteiger partial charge on any atom is -0.313 e. The lowest BCUT2D eigenvalue weighted by Crippen LogP contribution is -2.41. The normalized spacial score (nSPS) is 31.8. The molecule has 2 saturated carbocycles. The Bertz CT molecular complexity index is 404. The number of hydrogen-bond donors (Lipinski definition) is 1. The van der Waals surface area contributed by atoms with Crippen molar-refractivity contribution >= 4 is 0 Å². The zero-order chi connectivity index (χ0) is 12.6. The van der Waals surface area contributed by atoms with E-state index in [9.17, 15) is 0 Å². The molecule has 1 aromatic rings. The number of aryl methyl sites for hydroxylation is 1. The molecule has 18 heavy (non-hydrogen) atoms. The quantitative estimate of drug-likeness (QED) is 0.848. The van der Waals surface area contributed by atoms with E-state index < -0.39 is 0 Å². The van der Waals surface area contributed by atoms with Crippen molar-refractivity contribution in [3.8, 4) is 0 Å². The van der Waals surface area contributed by atoms with Crippen molar-refractivity contribution in [2.75, 3.05) is 6.54 Å². The summed E-state index contributed by atoms with van der Waals surface area (Å²) in [6.07, 6.45) is 6.91. The summed E-state index contributed by atoms with van der Waals surface area (Å²) in [5, 5.41) is 3.78. The van der Waals surface area contributed by atoms with Crippen LogP contribution < -0.4 is 5.32 Å². The van der Waals surface area contributed by atoms with Crippen LogP contribution in [0.1, 0.15) is 50.2 Å². The standard InChI is InChI=1S/C17H25N/c1-13-5-7-15(8-6-13)17(11-3-4-14(17)2)12-18-16-9-10-16/h5-8,14,16,18H,3-4,9-12H2,1-2H3. The fraction of sp³-hybridized carbons (Fsp3) is 0.647. The first-order valence-electron chi connectivity index (χ1n) is 7.51. The molecule has 0 heterocycles. The van der Waals surface area contributed by atoms with Gasteiger partial charge >= 0.3 is 0 Å². The maximum atomic E-state index is 3.78. The van der Waals surface area contributed by atoms with E-state index in [1.54, 1.807) is 5.56 Å². The Kier molecular flexibility index (Phi) is 3.19.